The minimum Gasteiger partial charge on any atom is -0.361 e. The third-order valence-electron chi connectivity index (χ3n) is 8.89. The number of para-hydroxylation sites is 2. The number of aromatic amines is 1. The van der Waals surface area contributed by atoms with Crippen molar-refractivity contribution in [2.75, 3.05) is 30.7 Å². The van der Waals surface area contributed by atoms with E-state index >= 15 is 0 Å². The summed E-state index contributed by atoms with van der Waals surface area (Å²) in [6.07, 6.45) is 4.47. The van der Waals surface area contributed by atoms with Gasteiger partial charge in [0.15, 0.2) is 0 Å². The molecule has 3 N–H and O–H groups in total. The first kappa shape index (κ1) is 28.9. The van der Waals surface area contributed by atoms with E-state index < -0.39 is 33.4 Å². The maximum absolute atomic E-state index is 14.5. The van der Waals surface area contributed by atoms with Crippen LogP contribution in [-0.4, -0.2) is 68.6 Å². The molecular formula is C33H37N5O4S. The lowest BCUT2D eigenvalue weighted by Crippen LogP contribution is -2.61. The van der Waals surface area contributed by atoms with Crippen molar-refractivity contribution >= 4 is 38.4 Å². The van der Waals surface area contributed by atoms with Crippen molar-refractivity contribution in [3.63, 3.8) is 0 Å². The van der Waals surface area contributed by atoms with E-state index in [1.54, 1.807) is 24.1 Å². The molecule has 2 amide bonds. The molecular weight excluding hydrogens is 562 g/mol. The summed E-state index contributed by atoms with van der Waals surface area (Å²) < 4.78 is 27.9. The summed E-state index contributed by atoms with van der Waals surface area (Å²) in [4.78, 5) is 33.5. The van der Waals surface area contributed by atoms with Gasteiger partial charge in [-0.3, -0.25) is 13.9 Å². The lowest BCUT2D eigenvalue weighted by atomic mass is 9.69. The highest BCUT2D eigenvalue weighted by atomic mass is 32.2. The fourth-order valence-corrected chi connectivity index (χ4v) is 8.11. The molecule has 4 aromatic rings. The zero-order valence-electron chi connectivity index (χ0n) is 24.4. The van der Waals surface area contributed by atoms with Crippen molar-refractivity contribution in [2.24, 2.45) is 0 Å². The lowest BCUT2D eigenvalue weighted by Gasteiger charge is -2.41. The van der Waals surface area contributed by atoms with Crippen molar-refractivity contribution < 1.29 is 18.0 Å². The van der Waals surface area contributed by atoms with Crippen LogP contribution >= 0.6 is 0 Å². The standard InChI is InChI=1S/C33H37N5O4S/c1-37(22-23-10-4-3-5-11-23)32(40)28(20-24-21-35-27-14-8-6-12-25(24)27)36-31(39)30-33(16-18-34-19-17-33)26-13-7-9-15-29(26)38(30)43(2,41)42/h3-15,21,28,30,34-35H,16-20,22H2,1-2H3,(H,36,39)/t28-,30?/m1/s1. The number of nitrogens with zero attached hydrogens (tertiary/aromatic N) is 2. The van der Waals surface area contributed by atoms with Gasteiger partial charge >= 0.3 is 0 Å². The highest BCUT2D eigenvalue weighted by Gasteiger charge is 2.57. The molecule has 2 atom stereocenters. The van der Waals surface area contributed by atoms with Crippen LogP contribution in [0.15, 0.2) is 85.1 Å². The Bertz CT molecular complexity index is 1750. The second-order valence-corrected chi connectivity index (χ2v) is 13.5. The molecule has 3 aromatic carbocycles. The van der Waals surface area contributed by atoms with Crippen LogP contribution in [0, 0.1) is 0 Å². The van der Waals surface area contributed by atoms with E-state index in [9.17, 15) is 18.0 Å². The summed E-state index contributed by atoms with van der Waals surface area (Å²) in [5, 5.41) is 7.40. The topological polar surface area (TPSA) is 115 Å². The molecule has 1 fully saturated rings. The van der Waals surface area contributed by atoms with Crippen molar-refractivity contribution in [3.8, 4) is 0 Å². The van der Waals surface area contributed by atoms with Gasteiger partial charge in [0, 0.05) is 42.5 Å². The largest absolute Gasteiger partial charge is 0.361 e. The maximum atomic E-state index is 14.5. The number of likely N-dealkylation sites (N-methyl/N-ethyl adjacent to an activating group) is 1. The van der Waals surface area contributed by atoms with Crippen LogP contribution in [0.3, 0.4) is 0 Å². The van der Waals surface area contributed by atoms with Gasteiger partial charge in [-0.25, -0.2) is 8.42 Å². The number of hydrogen-bond acceptors (Lipinski definition) is 5. The number of nitrogens with one attached hydrogen (secondary N) is 3. The van der Waals surface area contributed by atoms with Gasteiger partial charge in [-0.2, -0.15) is 0 Å². The van der Waals surface area contributed by atoms with Gasteiger partial charge in [0.05, 0.1) is 11.9 Å². The number of carbonyl (C=O) groups excluding carboxylic acids is 2. The Balaban J connectivity index is 1.37. The molecule has 0 bridgehead atoms. The van der Waals surface area contributed by atoms with E-state index in [0.29, 0.717) is 38.2 Å². The highest BCUT2D eigenvalue weighted by molar-refractivity contribution is 7.92. The highest BCUT2D eigenvalue weighted by Crippen LogP contribution is 2.51. The molecule has 2 aliphatic heterocycles. The molecule has 43 heavy (non-hydrogen) atoms. The second-order valence-electron chi connectivity index (χ2n) is 11.7. The molecule has 3 heterocycles. The summed E-state index contributed by atoms with van der Waals surface area (Å²) >= 11 is 0. The minimum absolute atomic E-state index is 0.247. The van der Waals surface area contributed by atoms with Crippen LogP contribution in [0.5, 0.6) is 0 Å². The van der Waals surface area contributed by atoms with Gasteiger partial charge in [0.2, 0.25) is 21.8 Å². The quantitative estimate of drug-likeness (QED) is 0.288. The van der Waals surface area contributed by atoms with Crippen molar-refractivity contribution in [3.05, 3.63) is 102 Å². The molecule has 1 spiro atoms. The Hall–Kier alpha value is -4.15. The van der Waals surface area contributed by atoms with Crippen molar-refractivity contribution in [1.29, 1.82) is 0 Å². The second kappa shape index (κ2) is 11.5. The Morgan fingerprint density at radius 2 is 1.67 bits per heavy atom. The molecule has 2 aliphatic rings. The zero-order valence-corrected chi connectivity index (χ0v) is 25.2. The van der Waals surface area contributed by atoms with Gasteiger partial charge in [-0.05, 0) is 54.8 Å². The van der Waals surface area contributed by atoms with E-state index in [4.69, 9.17) is 0 Å². The number of carbonyl (C=O) groups is 2. The van der Waals surface area contributed by atoms with Gasteiger partial charge in [-0.15, -0.1) is 0 Å². The Morgan fingerprint density at radius 1 is 1.00 bits per heavy atom. The average Bonchev–Trinajstić information content (AvgIpc) is 3.54. The van der Waals surface area contributed by atoms with Crippen LogP contribution in [0.1, 0.15) is 29.5 Å². The molecule has 6 rings (SSSR count). The molecule has 1 saturated heterocycles. The summed E-state index contributed by atoms with van der Waals surface area (Å²) in [6, 6.07) is 23.0. The Kier molecular flexibility index (Phi) is 7.74. The minimum atomic E-state index is -3.83. The Labute approximate surface area is 252 Å². The number of benzene rings is 3. The van der Waals surface area contributed by atoms with Crippen LogP contribution < -0.4 is 14.9 Å². The molecule has 9 nitrogen and oxygen atoms in total. The van der Waals surface area contributed by atoms with Gasteiger partial charge in [0.25, 0.3) is 0 Å². The molecule has 224 valence electrons. The third kappa shape index (κ3) is 5.41. The Morgan fingerprint density at radius 3 is 2.42 bits per heavy atom. The third-order valence-corrected chi connectivity index (χ3v) is 10.0. The molecule has 1 aromatic heterocycles. The molecule has 1 unspecified atom stereocenters. The van der Waals surface area contributed by atoms with Crippen LogP contribution in [0.2, 0.25) is 0 Å². The van der Waals surface area contributed by atoms with Crippen LogP contribution in [0.4, 0.5) is 5.69 Å². The number of sulfonamides is 1. The lowest BCUT2D eigenvalue weighted by molar-refractivity contribution is -0.136. The number of amides is 2. The fraction of sp³-hybridized carbons (Fsp3) is 0.333. The van der Waals surface area contributed by atoms with E-state index in [1.165, 1.54) is 4.31 Å². The number of piperidine rings is 1. The van der Waals surface area contributed by atoms with Gasteiger partial charge in [0.1, 0.15) is 12.1 Å². The number of rotatable bonds is 8. The van der Waals surface area contributed by atoms with Gasteiger partial charge < -0.3 is 20.5 Å². The fourth-order valence-electron chi connectivity index (χ4n) is 6.91. The average molecular weight is 600 g/mol. The molecule has 0 saturated carbocycles. The predicted molar refractivity (Wildman–Crippen MR) is 168 cm³/mol. The van der Waals surface area contributed by atoms with Gasteiger partial charge in [-0.1, -0.05) is 66.7 Å². The molecule has 10 heteroatoms. The number of hydrogen-bond donors (Lipinski definition) is 3. The summed E-state index contributed by atoms with van der Waals surface area (Å²) in [5.41, 5.74) is 3.50. The first-order chi connectivity index (χ1) is 20.7. The monoisotopic (exact) mass is 599 g/mol. The van der Waals surface area contributed by atoms with Crippen LogP contribution in [0.25, 0.3) is 10.9 Å². The zero-order chi connectivity index (χ0) is 30.2. The van der Waals surface area contributed by atoms with E-state index in [1.807, 2.05) is 72.9 Å². The number of fused-ring (bicyclic) bond motifs is 3. The van der Waals surface area contributed by atoms with Crippen molar-refractivity contribution in [2.45, 2.75) is 43.3 Å². The van der Waals surface area contributed by atoms with Crippen LogP contribution in [-0.2, 0) is 38.0 Å². The number of H-pyrrole nitrogens is 1. The normalized spacial score (nSPS) is 18.4. The first-order valence-corrected chi connectivity index (χ1v) is 16.5. The number of anilines is 1. The first-order valence-electron chi connectivity index (χ1n) is 14.6. The van der Waals surface area contributed by atoms with E-state index in [-0.39, 0.29) is 12.3 Å². The summed E-state index contributed by atoms with van der Waals surface area (Å²) in [7, 11) is -2.10. The number of aromatic nitrogens is 1. The summed E-state index contributed by atoms with van der Waals surface area (Å²) in [5.74, 6) is -0.710. The van der Waals surface area contributed by atoms with E-state index in [0.717, 1.165) is 33.8 Å². The molecule has 0 radical (unpaired) electrons. The van der Waals surface area contributed by atoms with Crippen molar-refractivity contribution in [1.82, 2.24) is 20.5 Å². The van der Waals surface area contributed by atoms with E-state index in [2.05, 4.69) is 15.6 Å². The predicted octanol–water partition coefficient (Wildman–Crippen LogP) is 3.32. The maximum Gasteiger partial charge on any atom is 0.245 e. The molecule has 0 aliphatic carbocycles. The SMILES string of the molecule is CN(Cc1ccccc1)C(=O)[C@@H](Cc1c[nH]c2ccccc12)NC(=O)C1N(S(C)(=O)=O)c2ccccc2C12CCNCC2. The summed E-state index contributed by atoms with van der Waals surface area (Å²) in [6.45, 7) is 1.69. The smallest absolute Gasteiger partial charge is 0.245 e.